The molecule has 0 aliphatic carbocycles. The Labute approximate surface area is 295 Å². The number of hydrogen-bond acceptors (Lipinski definition) is 2. The van der Waals surface area contributed by atoms with E-state index >= 15 is 0 Å². The predicted molar refractivity (Wildman–Crippen MR) is 214 cm³/mol. The highest BCUT2D eigenvalue weighted by Crippen LogP contribution is 2.39. The lowest BCUT2D eigenvalue weighted by atomic mass is 9.97. The Morgan fingerprint density at radius 1 is 0.333 bits per heavy atom. The molecule has 0 radical (unpaired) electrons. The van der Waals surface area contributed by atoms with Crippen molar-refractivity contribution >= 4 is 60.8 Å². The van der Waals surface area contributed by atoms with E-state index in [-0.39, 0.29) is 0 Å². The summed E-state index contributed by atoms with van der Waals surface area (Å²) in [5.74, 6) is 0. The molecule has 0 aliphatic heterocycles. The highest BCUT2D eigenvalue weighted by Gasteiger charge is 2.16. The molecular weight excluding hydrogens is 621 g/mol. The average Bonchev–Trinajstić information content (AvgIpc) is 3.74. The van der Waals surface area contributed by atoms with Crippen LogP contribution in [0, 0.1) is 0 Å². The van der Waals surface area contributed by atoms with Gasteiger partial charge in [0.25, 0.3) is 0 Å². The minimum atomic E-state index is 0.901. The largest absolute Gasteiger partial charge is 0.456 e. The van der Waals surface area contributed by atoms with Gasteiger partial charge in [0.1, 0.15) is 11.2 Å². The van der Waals surface area contributed by atoms with Gasteiger partial charge in [0.05, 0.1) is 11.0 Å². The zero-order valence-corrected chi connectivity index (χ0v) is 27.8. The Kier molecular flexibility index (Phi) is 6.81. The van der Waals surface area contributed by atoms with Crippen molar-refractivity contribution in [2.24, 2.45) is 0 Å². The van der Waals surface area contributed by atoms with Gasteiger partial charge in [0.2, 0.25) is 0 Å². The Morgan fingerprint density at radius 2 is 0.902 bits per heavy atom. The number of rotatable bonds is 6. The van der Waals surface area contributed by atoms with Gasteiger partial charge in [-0.2, -0.15) is 0 Å². The maximum atomic E-state index is 6.18. The zero-order valence-electron chi connectivity index (χ0n) is 27.8. The van der Waals surface area contributed by atoms with E-state index in [9.17, 15) is 0 Å². The first-order valence-corrected chi connectivity index (χ1v) is 17.3. The van der Waals surface area contributed by atoms with Crippen LogP contribution in [0.15, 0.2) is 199 Å². The van der Waals surface area contributed by atoms with E-state index in [2.05, 4.69) is 191 Å². The topological polar surface area (TPSA) is 21.3 Å². The number of para-hydroxylation sites is 4. The lowest BCUT2D eigenvalue weighted by Crippen LogP contribution is -2.09. The van der Waals surface area contributed by atoms with Gasteiger partial charge in [-0.1, -0.05) is 115 Å². The second kappa shape index (κ2) is 11.9. The van der Waals surface area contributed by atoms with Gasteiger partial charge in [0.15, 0.2) is 0 Å². The number of benzene rings is 8. The van der Waals surface area contributed by atoms with Crippen LogP contribution < -0.4 is 4.90 Å². The monoisotopic (exact) mass is 652 g/mol. The summed E-state index contributed by atoms with van der Waals surface area (Å²) in [6.45, 7) is 0. The first-order chi connectivity index (χ1) is 25.3. The van der Waals surface area contributed by atoms with Crippen LogP contribution in [-0.2, 0) is 0 Å². The standard InChI is InChI=1S/C48H32N2O/c1-3-16-37(17-4-1)49(38-18-5-2-6-19-38)39-20-12-15-35(30-39)33-13-11-14-34(29-33)36-25-27-42-41-21-7-9-23-45(41)50(46(42)31-36)40-26-28-48-44(32-40)43-22-8-10-24-47(43)51-48/h1-32H. The molecule has 0 aliphatic rings. The minimum absolute atomic E-state index is 0.901. The fourth-order valence-corrected chi connectivity index (χ4v) is 7.59. The Balaban J connectivity index is 1.09. The third kappa shape index (κ3) is 4.98. The quantitative estimate of drug-likeness (QED) is 0.178. The lowest BCUT2D eigenvalue weighted by molar-refractivity contribution is 0.669. The molecule has 2 heterocycles. The van der Waals surface area contributed by atoms with E-state index < -0.39 is 0 Å². The first-order valence-electron chi connectivity index (χ1n) is 17.3. The molecule has 2 aromatic heterocycles. The molecule has 8 aromatic carbocycles. The molecule has 10 aromatic rings. The van der Waals surface area contributed by atoms with Crippen LogP contribution >= 0.6 is 0 Å². The Morgan fingerprint density at radius 3 is 1.67 bits per heavy atom. The van der Waals surface area contributed by atoms with Crippen molar-refractivity contribution in [2.75, 3.05) is 4.90 Å². The molecule has 10 rings (SSSR count). The molecule has 3 nitrogen and oxygen atoms in total. The molecule has 0 unspecified atom stereocenters. The van der Waals surface area contributed by atoms with E-state index in [4.69, 9.17) is 4.42 Å². The first kappa shape index (κ1) is 29.1. The fourth-order valence-electron chi connectivity index (χ4n) is 7.59. The maximum Gasteiger partial charge on any atom is 0.135 e. The van der Waals surface area contributed by atoms with Crippen molar-refractivity contribution in [3.05, 3.63) is 194 Å². The van der Waals surface area contributed by atoms with Gasteiger partial charge >= 0.3 is 0 Å². The molecule has 0 bridgehead atoms. The van der Waals surface area contributed by atoms with Crippen LogP contribution in [-0.4, -0.2) is 4.57 Å². The molecule has 0 spiro atoms. The van der Waals surface area contributed by atoms with E-state index in [1.54, 1.807) is 0 Å². The molecule has 0 saturated carbocycles. The van der Waals surface area contributed by atoms with Crippen LogP contribution in [0.3, 0.4) is 0 Å². The molecule has 0 saturated heterocycles. The summed E-state index contributed by atoms with van der Waals surface area (Å²) >= 11 is 0. The third-order valence-electron chi connectivity index (χ3n) is 9.95. The minimum Gasteiger partial charge on any atom is -0.456 e. The van der Waals surface area contributed by atoms with Crippen molar-refractivity contribution in [2.45, 2.75) is 0 Å². The van der Waals surface area contributed by atoms with Crippen LogP contribution in [0.1, 0.15) is 0 Å². The fraction of sp³-hybridized carbons (Fsp3) is 0. The molecule has 3 heteroatoms. The number of fused-ring (bicyclic) bond motifs is 6. The number of nitrogens with zero attached hydrogens (tertiary/aromatic N) is 2. The smallest absolute Gasteiger partial charge is 0.135 e. The van der Waals surface area contributed by atoms with Crippen LogP contribution in [0.4, 0.5) is 17.1 Å². The summed E-state index contributed by atoms with van der Waals surface area (Å²) in [5.41, 5.74) is 13.3. The molecule has 0 atom stereocenters. The molecule has 0 fully saturated rings. The van der Waals surface area contributed by atoms with Crippen molar-refractivity contribution in [3.63, 3.8) is 0 Å². The van der Waals surface area contributed by atoms with Crippen molar-refractivity contribution in [1.82, 2.24) is 4.57 Å². The molecule has 0 N–H and O–H groups in total. The highest BCUT2D eigenvalue weighted by molar-refractivity contribution is 6.11. The van der Waals surface area contributed by atoms with Crippen LogP contribution in [0.5, 0.6) is 0 Å². The van der Waals surface area contributed by atoms with Gasteiger partial charge in [-0.3, -0.25) is 0 Å². The molecular formula is C48H32N2O. The van der Waals surface area contributed by atoms with E-state index in [0.29, 0.717) is 0 Å². The molecule has 0 amide bonds. The van der Waals surface area contributed by atoms with Crippen molar-refractivity contribution < 1.29 is 4.42 Å². The number of hydrogen-bond donors (Lipinski definition) is 0. The predicted octanol–water partition coefficient (Wildman–Crippen LogP) is 13.5. The normalized spacial score (nSPS) is 11.5. The van der Waals surface area contributed by atoms with Gasteiger partial charge in [-0.15, -0.1) is 0 Å². The summed E-state index contributed by atoms with van der Waals surface area (Å²) in [6.07, 6.45) is 0. The number of aromatic nitrogens is 1. The SMILES string of the molecule is c1ccc(N(c2ccccc2)c2cccc(-c3cccc(-c4ccc5c6ccccc6n(-c6ccc7oc8ccccc8c7c6)c5c4)c3)c2)cc1. The number of anilines is 3. The second-order valence-corrected chi connectivity index (χ2v) is 13.0. The van der Waals surface area contributed by atoms with Crippen LogP contribution in [0.2, 0.25) is 0 Å². The summed E-state index contributed by atoms with van der Waals surface area (Å²) in [4.78, 5) is 2.31. The highest BCUT2D eigenvalue weighted by atomic mass is 16.3. The van der Waals surface area contributed by atoms with Crippen LogP contribution in [0.25, 0.3) is 71.7 Å². The third-order valence-corrected chi connectivity index (χ3v) is 9.95. The van der Waals surface area contributed by atoms with Gasteiger partial charge in [-0.25, -0.2) is 0 Å². The summed E-state index contributed by atoms with van der Waals surface area (Å²) in [7, 11) is 0. The van der Waals surface area contributed by atoms with E-state index in [0.717, 1.165) is 44.7 Å². The Bertz CT molecular complexity index is 2830. The van der Waals surface area contributed by atoms with Gasteiger partial charge in [-0.05, 0) is 101 Å². The van der Waals surface area contributed by atoms with Gasteiger partial charge in [0, 0.05) is 44.3 Å². The van der Waals surface area contributed by atoms with Gasteiger partial charge < -0.3 is 13.9 Å². The second-order valence-electron chi connectivity index (χ2n) is 13.0. The average molecular weight is 653 g/mol. The summed E-state index contributed by atoms with van der Waals surface area (Å²) in [5, 5.41) is 4.73. The molecule has 240 valence electrons. The maximum absolute atomic E-state index is 6.18. The molecule has 51 heavy (non-hydrogen) atoms. The number of furan rings is 1. The summed E-state index contributed by atoms with van der Waals surface area (Å²) < 4.78 is 8.57. The summed E-state index contributed by atoms with van der Waals surface area (Å²) in [6, 6.07) is 69.2. The zero-order chi connectivity index (χ0) is 33.7. The lowest BCUT2D eigenvalue weighted by Gasteiger charge is -2.26. The van der Waals surface area contributed by atoms with Crippen molar-refractivity contribution in [1.29, 1.82) is 0 Å². The van der Waals surface area contributed by atoms with E-state index in [1.165, 1.54) is 44.1 Å². The Hall–Kier alpha value is -6.84. The van der Waals surface area contributed by atoms with Crippen molar-refractivity contribution in [3.8, 4) is 27.9 Å². The van der Waals surface area contributed by atoms with E-state index in [1.807, 2.05) is 12.1 Å².